The van der Waals surface area contributed by atoms with Gasteiger partial charge in [0.25, 0.3) is 0 Å². The van der Waals surface area contributed by atoms with Gasteiger partial charge in [-0.15, -0.1) is 11.8 Å². The quantitative estimate of drug-likeness (QED) is 0.263. The van der Waals surface area contributed by atoms with Gasteiger partial charge in [0.05, 0.1) is 5.75 Å². The summed E-state index contributed by atoms with van der Waals surface area (Å²) >= 11 is 14.1. The van der Waals surface area contributed by atoms with Gasteiger partial charge < -0.3 is 10.2 Å². The summed E-state index contributed by atoms with van der Waals surface area (Å²) in [6, 6.07) is 24.6. The molecule has 1 fully saturated rings. The van der Waals surface area contributed by atoms with Gasteiger partial charge in [0.1, 0.15) is 6.04 Å². The lowest BCUT2D eigenvalue weighted by molar-refractivity contribution is -0.139. The largest absolute Gasteiger partial charge is 0.352 e. The first-order chi connectivity index (χ1) is 18.5. The van der Waals surface area contributed by atoms with Crippen molar-refractivity contribution < 1.29 is 9.59 Å². The summed E-state index contributed by atoms with van der Waals surface area (Å²) in [5.74, 6) is 0.766. The van der Waals surface area contributed by atoms with Gasteiger partial charge in [0, 0.05) is 34.8 Å². The van der Waals surface area contributed by atoms with Crippen LogP contribution in [0.2, 0.25) is 10.0 Å². The van der Waals surface area contributed by atoms with E-state index >= 15 is 0 Å². The molecule has 2 amide bonds. The molecule has 0 saturated heterocycles. The number of carbonyl (C=O) groups excluding carboxylic acids is 2. The van der Waals surface area contributed by atoms with E-state index in [0.29, 0.717) is 22.2 Å². The molecule has 38 heavy (non-hydrogen) atoms. The molecule has 1 aliphatic carbocycles. The molecule has 0 spiro atoms. The molecule has 1 atom stereocenters. The van der Waals surface area contributed by atoms with E-state index in [-0.39, 0.29) is 30.2 Å². The molecule has 0 radical (unpaired) electrons. The van der Waals surface area contributed by atoms with Gasteiger partial charge in [-0.3, -0.25) is 9.59 Å². The number of halogens is 2. The Morgan fingerprint density at radius 3 is 2.26 bits per heavy atom. The maximum atomic E-state index is 13.8. The minimum absolute atomic E-state index is 0.0800. The van der Waals surface area contributed by atoms with Crippen LogP contribution in [-0.4, -0.2) is 34.6 Å². The Labute approximate surface area is 240 Å². The Morgan fingerprint density at radius 2 is 1.55 bits per heavy atom. The van der Waals surface area contributed by atoms with E-state index in [1.54, 1.807) is 4.90 Å². The monoisotopic (exact) mass is 568 g/mol. The molecule has 1 aliphatic rings. The van der Waals surface area contributed by atoms with Crippen molar-refractivity contribution in [3.63, 3.8) is 0 Å². The molecule has 0 aliphatic heterocycles. The first-order valence-corrected chi connectivity index (χ1v) is 15.1. The van der Waals surface area contributed by atoms with Crippen molar-refractivity contribution in [3.05, 3.63) is 106 Å². The third-order valence-corrected chi connectivity index (χ3v) is 8.54. The smallest absolute Gasteiger partial charge is 0.243 e. The fourth-order valence-electron chi connectivity index (χ4n) is 4.83. The van der Waals surface area contributed by atoms with Crippen molar-refractivity contribution in [1.29, 1.82) is 0 Å². The highest BCUT2D eigenvalue weighted by atomic mass is 35.5. The summed E-state index contributed by atoms with van der Waals surface area (Å²) in [6.07, 6.45) is 5.87. The Hall–Kier alpha value is -2.47. The molecule has 200 valence electrons. The van der Waals surface area contributed by atoms with Crippen LogP contribution in [0.4, 0.5) is 0 Å². The third-order valence-electron chi connectivity index (χ3n) is 6.93. The van der Waals surface area contributed by atoms with E-state index in [9.17, 15) is 9.59 Å². The van der Waals surface area contributed by atoms with Gasteiger partial charge >= 0.3 is 0 Å². The van der Waals surface area contributed by atoms with Crippen LogP contribution in [0.25, 0.3) is 0 Å². The van der Waals surface area contributed by atoms with Crippen LogP contribution in [0.5, 0.6) is 0 Å². The van der Waals surface area contributed by atoms with Crippen LogP contribution < -0.4 is 5.32 Å². The first kappa shape index (κ1) is 28.5. The van der Waals surface area contributed by atoms with E-state index in [0.717, 1.165) is 42.4 Å². The standard InChI is InChI=1S/C31H34Cl2N2O2S/c32-26-17-15-24(16-18-26)21-38-22-30(36)35(20-25-11-7-8-14-28(25)33)29(19-23-9-3-1-4-10-23)31(37)34-27-12-5-2-6-13-27/h1,3-4,7-11,14-18,27,29H,2,5-6,12-13,19-22H2,(H,34,37)/t29-/m0/s1. The van der Waals surface area contributed by atoms with Gasteiger partial charge in [-0.05, 0) is 47.7 Å². The molecule has 3 aromatic carbocycles. The predicted octanol–water partition coefficient (Wildman–Crippen LogP) is 7.32. The fraction of sp³-hybridized carbons (Fsp3) is 0.355. The van der Waals surface area contributed by atoms with Crippen molar-refractivity contribution in [3.8, 4) is 0 Å². The molecule has 1 saturated carbocycles. The van der Waals surface area contributed by atoms with Crippen LogP contribution in [0.3, 0.4) is 0 Å². The lowest BCUT2D eigenvalue weighted by Crippen LogP contribution is -2.53. The van der Waals surface area contributed by atoms with Crippen LogP contribution in [-0.2, 0) is 28.3 Å². The third kappa shape index (κ3) is 8.52. The van der Waals surface area contributed by atoms with E-state index in [4.69, 9.17) is 23.2 Å². The van der Waals surface area contributed by atoms with Gasteiger partial charge in [-0.25, -0.2) is 0 Å². The van der Waals surface area contributed by atoms with Crippen molar-refractivity contribution in [2.24, 2.45) is 0 Å². The molecular weight excluding hydrogens is 535 g/mol. The molecule has 4 nitrogen and oxygen atoms in total. The Morgan fingerprint density at radius 1 is 0.868 bits per heavy atom. The Bertz CT molecular complexity index is 1180. The molecule has 3 aromatic rings. The minimum Gasteiger partial charge on any atom is -0.352 e. The zero-order valence-electron chi connectivity index (χ0n) is 21.5. The number of hydrogen-bond acceptors (Lipinski definition) is 3. The summed E-state index contributed by atoms with van der Waals surface area (Å²) in [7, 11) is 0. The summed E-state index contributed by atoms with van der Waals surface area (Å²) in [5.41, 5.74) is 2.94. The van der Waals surface area contributed by atoms with Crippen molar-refractivity contribution in [2.45, 2.75) is 62.9 Å². The molecule has 0 bridgehead atoms. The van der Waals surface area contributed by atoms with Gasteiger partial charge in [0.2, 0.25) is 11.8 Å². The Kier molecular flexibility index (Phi) is 11.0. The summed E-state index contributed by atoms with van der Waals surface area (Å²) in [6.45, 7) is 0.273. The number of nitrogens with one attached hydrogen (secondary N) is 1. The predicted molar refractivity (Wildman–Crippen MR) is 159 cm³/mol. The van der Waals surface area contributed by atoms with Crippen LogP contribution >= 0.6 is 35.0 Å². The molecule has 4 rings (SSSR count). The number of rotatable bonds is 11. The van der Waals surface area contributed by atoms with Crippen molar-refractivity contribution in [1.82, 2.24) is 10.2 Å². The average Bonchev–Trinajstić information content (AvgIpc) is 2.93. The zero-order chi connectivity index (χ0) is 26.7. The molecule has 0 aromatic heterocycles. The highest BCUT2D eigenvalue weighted by Gasteiger charge is 2.32. The number of amides is 2. The van der Waals surface area contributed by atoms with E-state index in [1.807, 2.05) is 78.9 Å². The van der Waals surface area contributed by atoms with E-state index < -0.39 is 6.04 Å². The number of hydrogen-bond donors (Lipinski definition) is 1. The summed E-state index contributed by atoms with van der Waals surface area (Å²) < 4.78 is 0. The van der Waals surface area contributed by atoms with Crippen LogP contribution in [0.15, 0.2) is 78.9 Å². The highest BCUT2D eigenvalue weighted by Crippen LogP contribution is 2.24. The molecule has 1 N–H and O–H groups in total. The van der Waals surface area contributed by atoms with Gasteiger partial charge in [-0.2, -0.15) is 0 Å². The molecular formula is C31H34Cl2N2O2S. The molecule has 0 unspecified atom stereocenters. The molecule has 7 heteroatoms. The second-order valence-electron chi connectivity index (χ2n) is 9.78. The normalized spacial score (nSPS) is 14.6. The van der Waals surface area contributed by atoms with Gasteiger partial charge in [-0.1, -0.05) is 103 Å². The first-order valence-electron chi connectivity index (χ1n) is 13.2. The van der Waals surface area contributed by atoms with Crippen molar-refractivity contribution >= 4 is 46.8 Å². The lowest BCUT2D eigenvalue weighted by atomic mass is 9.94. The second-order valence-corrected chi connectivity index (χ2v) is 11.6. The molecule has 0 heterocycles. The van der Waals surface area contributed by atoms with Gasteiger partial charge in [0.15, 0.2) is 0 Å². The van der Waals surface area contributed by atoms with Crippen LogP contribution in [0.1, 0.15) is 48.8 Å². The number of benzene rings is 3. The zero-order valence-corrected chi connectivity index (χ0v) is 23.8. The summed E-state index contributed by atoms with van der Waals surface area (Å²) in [5, 5.41) is 4.55. The number of nitrogens with zero attached hydrogens (tertiary/aromatic N) is 1. The lowest BCUT2D eigenvalue weighted by Gasteiger charge is -2.33. The van der Waals surface area contributed by atoms with Crippen LogP contribution in [0, 0.1) is 0 Å². The second kappa shape index (κ2) is 14.6. The number of thioether (sulfide) groups is 1. The minimum atomic E-state index is -0.640. The van der Waals surface area contributed by atoms with E-state index in [1.165, 1.54) is 18.2 Å². The maximum Gasteiger partial charge on any atom is 0.243 e. The SMILES string of the molecule is O=C(NC1CCCCC1)[C@H](Cc1ccccc1)N(Cc1ccccc1Cl)C(=O)CSCc1ccc(Cl)cc1. The van der Waals surface area contributed by atoms with Crippen molar-refractivity contribution in [2.75, 3.05) is 5.75 Å². The van der Waals surface area contributed by atoms with E-state index in [2.05, 4.69) is 5.32 Å². The number of carbonyl (C=O) groups is 2. The average molecular weight is 570 g/mol. The fourth-order valence-corrected chi connectivity index (χ4v) is 6.02. The summed E-state index contributed by atoms with van der Waals surface area (Å²) in [4.78, 5) is 29.3. The highest BCUT2D eigenvalue weighted by molar-refractivity contribution is 7.99. The Balaban J connectivity index is 1.56. The maximum absolute atomic E-state index is 13.8. The topological polar surface area (TPSA) is 49.4 Å².